The van der Waals surface area contributed by atoms with Gasteiger partial charge in [-0.15, -0.1) is 0 Å². The van der Waals surface area contributed by atoms with Crippen molar-refractivity contribution in [2.45, 2.75) is 45.6 Å². The van der Waals surface area contributed by atoms with E-state index in [-0.39, 0.29) is 17.5 Å². The molecule has 0 aliphatic heterocycles. The Kier molecular flexibility index (Phi) is 3.12. The molecule has 0 unspecified atom stereocenters. The molecule has 1 atom stereocenters. The second-order valence-electron chi connectivity index (χ2n) is 4.51. The quantitative estimate of drug-likeness (QED) is 0.460. The van der Waals surface area contributed by atoms with Gasteiger partial charge in [-0.05, 0) is 40.0 Å². The van der Waals surface area contributed by atoms with Gasteiger partial charge < -0.3 is 4.74 Å². The Morgan fingerprint density at radius 1 is 1.38 bits per heavy atom. The molecule has 0 saturated carbocycles. The van der Waals surface area contributed by atoms with Gasteiger partial charge in [0.25, 0.3) is 0 Å². The minimum atomic E-state index is -0.349. The van der Waals surface area contributed by atoms with Crippen LogP contribution >= 0.6 is 0 Å². The Bertz CT molecular complexity index is 211. The number of rotatable bonds is 1. The van der Waals surface area contributed by atoms with Crippen LogP contribution in [0.2, 0.25) is 0 Å². The predicted molar refractivity (Wildman–Crippen MR) is 52.3 cm³/mol. The molecule has 1 aliphatic rings. The summed E-state index contributed by atoms with van der Waals surface area (Å²) in [5.74, 6) is 0.0427. The molecule has 2 heteroatoms. The van der Waals surface area contributed by atoms with Crippen LogP contribution in [0.15, 0.2) is 12.2 Å². The second kappa shape index (κ2) is 3.95. The molecule has 0 aromatic heterocycles. The lowest BCUT2D eigenvalue weighted by Crippen LogP contribution is -2.29. The van der Waals surface area contributed by atoms with Gasteiger partial charge in [0.2, 0.25) is 0 Å². The van der Waals surface area contributed by atoms with Crippen LogP contribution in [-0.2, 0) is 9.53 Å². The van der Waals surface area contributed by atoms with E-state index < -0.39 is 0 Å². The summed E-state index contributed by atoms with van der Waals surface area (Å²) in [6.45, 7) is 5.72. The summed E-state index contributed by atoms with van der Waals surface area (Å²) in [5, 5.41) is 0. The number of allylic oxidation sites excluding steroid dienone is 2. The third-order valence-electron chi connectivity index (χ3n) is 2.01. The van der Waals surface area contributed by atoms with Crippen molar-refractivity contribution in [1.82, 2.24) is 0 Å². The van der Waals surface area contributed by atoms with Gasteiger partial charge in [-0.3, -0.25) is 4.79 Å². The molecule has 1 rings (SSSR count). The molecule has 0 aromatic rings. The van der Waals surface area contributed by atoms with Gasteiger partial charge in [-0.25, -0.2) is 0 Å². The summed E-state index contributed by atoms with van der Waals surface area (Å²) in [4.78, 5) is 11.6. The first kappa shape index (κ1) is 10.3. The average Bonchev–Trinajstić information content (AvgIpc) is 2.03. The molecule has 0 fully saturated rings. The first-order valence-electron chi connectivity index (χ1n) is 4.87. The number of carbonyl (C=O) groups is 1. The molecule has 0 heterocycles. The van der Waals surface area contributed by atoms with Crippen molar-refractivity contribution in [2.24, 2.45) is 5.92 Å². The summed E-state index contributed by atoms with van der Waals surface area (Å²) in [6.07, 6.45) is 6.98. The van der Waals surface area contributed by atoms with Crippen molar-refractivity contribution in [3.63, 3.8) is 0 Å². The molecule has 0 bridgehead atoms. The number of hydrogen-bond donors (Lipinski definition) is 0. The van der Waals surface area contributed by atoms with Gasteiger partial charge in [0, 0.05) is 0 Å². The van der Waals surface area contributed by atoms with E-state index in [1.807, 2.05) is 20.8 Å². The minimum Gasteiger partial charge on any atom is -0.460 e. The molecular formula is C11H18O2. The number of carbonyl (C=O) groups excluding carboxylic acids is 1. The van der Waals surface area contributed by atoms with E-state index in [1.54, 1.807) is 0 Å². The molecule has 0 aromatic carbocycles. The Hall–Kier alpha value is -0.790. The lowest BCUT2D eigenvalue weighted by Gasteiger charge is -2.24. The lowest BCUT2D eigenvalue weighted by molar-refractivity contribution is -0.160. The number of esters is 1. The highest BCUT2D eigenvalue weighted by Crippen LogP contribution is 2.21. The minimum absolute atomic E-state index is 0.0446. The molecule has 0 spiro atoms. The summed E-state index contributed by atoms with van der Waals surface area (Å²) >= 11 is 0. The van der Waals surface area contributed by atoms with Crippen molar-refractivity contribution in [2.75, 3.05) is 0 Å². The van der Waals surface area contributed by atoms with E-state index in [2.05, 4.69) is 12.2 Å². The second-order valence-corrected chi connectivity index (χ2v) is 4.51. The van der Waals surface area contributed by atoms with E-state index in [0.717, 1.165) is 19.3 Å². The van der Waals surface area contributed by atoms with Crippen LogP contribution in [-0.4, -0.2) is 11.6 Å². The van der Waals surface area contributed by atoms with Crippen LogP contribution in [0.5, 0.6) is 0 Å². The molecule has 0 radical (unpaired) electrons. The van der Waals surface area contributed by atoms with Gasteiger partial charge in [-0.2, -0.15) is 0 Å². The van der Waals surface area contributed by atoms with Crippen molar-refractivity contribution >= 4 is 5.97 Å². The number of hydrogen-bond acceptors (Lipinski definition) is 2. The molecule has 74 valence electrons. The molecule has 0 N–H and O–H groups in total. The van der Waals surface area contributed by atoms with Crippen molar-refractivity contribution in [3.8, 4) is 0 Å². The van der Waals surface area contributed by atoms with Crippen LogP contribution in [0.25, 0.3) is 0 Å². The van der Waals surface area contributed by atoms with E-state index in [4.69, 9.17) is 4.74 Å². The van der Waals surface area contributed by atoms with E-state index in [9.17, 15) is 4.79 Å². The van der Waals surface area contributed by atoms with E-state index in [0.29, 0.717) is 0 Å². The fourth-order valence-electron chi connectivity index (χ4n) is 1.39. The molecule has 2 nitrogen and oxygen atoms in total. The fraction of sp³-hybridized carbons (Fsp3) is 0.727. The predicted octanol–water partition coefficient (Wildman–Crippen LogP) is 2.68. The van der Waals surface area contributed by atoms with Crippen molar-refractivity contribution in [1.29, 1.82) is 0 Å². The summed E-state index contributed by atoms with van der Waals surface area (Å²) < 4.78 is 5.30. The van der Waals surface area contributed by atoms with Gasteiger partial charge in [0.1, 0.15) is 5.60 Å². The first-order valence-corrected chi connectivity index (χ1v) is 4.87. The maximum Gasteiger partial charge on any atom is 0.309 e. The third-order valence-corrected chi connectivity index (χ3v) is 2.01. The highest BCUT2D eigenvalue weighted by Gasteiger charge is 2.24. The Balaban J connectivity index is 2.43. The smallest absolute Gasteiger partial charge is 0.309 e. The van der Waals surface area contributed by atoms with Crippen molar-refractivity contribution < 1.29 is 9.53 Å². The summed E-state index contributed by atoms with van der Waals surface area (Å²) in [7, 11) is 0. The maximum atomic E-state index is 11.6. The van der Waals surface area contributed by atoms with Gasteiger partial charge in [0.15, 0.2) is 0 Å². The van der Waals surface area contributed by atoms with Crippen LogP contribution in [0, 0.1) is 5.92 Å². The third kappa shape index (κ3) is 3.62. The Labute approximate surface area is 80.0 Å². The van der Waals surface area contributed by atoms with E-state index in [1.165, 1.54) is 0 Å². The first-order chi connectivity index (χ1) is 5.99. The lowest BCUT2D eigenvalue weighted by atomic mass is 9.94. The van der Waals surface area contributed by atoms with Crippen LogP contribution < -0.4 is 0 Å². The summed E-state index contributed by atoms with van der Waals surface area (Å²) in [5.41, 5.74) is -0.349. The standard InChI is InChI=1S/C11H18O2/c1-11(2,3)13-10(12)9-7-5-4-6-8-9/h4-5,9H,6-8H2,1-3H3/t9-/m0/s1. The highest BCUT2D eigenvalue weighted by atomic mass is 16.6. The van der Waals surface area contributed by atoms with Crippen LogP contribution in [0.4, 0.5) is 0 Å². The van der Waals surface area contributed by atoms with Gasteiger partial charge in [-0.1, -0.05) is 12.2 Å². The summed E-state index contributed by atoms with van der Waals surface area (Å²) in [6, 6.07) is 0. The molecular weight excluding hydrogens is 164 g/mol. The van der Waals surface area contributed by atoms with Gasteiger partial charge in [0.05, 0.1) is 5.92 Å². The average molecular weight is 182 g/mol. The number of ether oxygens (including phenoxy) is 1. The zero-order valence-corrected chi connectivity index (χ0v) is 8.67. The maximum absolute atomic E-state index is 11.6. The largest absolute Gasteiger partial charge is 0.460 e. The highest BCUT2D eigenvalue weighted by molar-refractivity contribution is 5.73. The van der Waals surface area contributed by atoms with Crippen LogP contribution in [0.3, 0.4) is 0 Å². The fourth-order valence-corrected chi connectivity index (χ4v) is 1.39. The molecule has 0 saturated heterocycles. The van der Waals surface area contributed by atoms with E-state index >= 15 is 0 Å². The Morgan fingerprint density at radius 2 is 2.08 bits per heavy atom. The van der Waals surface area contributed by atoms with Gasteiger partial charge >= 0.3 is 5.97 Å². The monoisotopic (exact) mass is 182 g/mol. The SMILES string of the molecule is CC(C)(C)OC(=O)[C@H]1CC=CCC1. The zero-order valence-electron chi connectivity index (χ0n) is 8.67. The topological polar surface area (TPSA) is 26.3 Å². The normalized spacial score (nSPS) is 22.8. The molecule has 0 amide bonds. The Morgan fingerprint density at radius 3 is 2.54 bits per heavy atom. The van der Waals surface area contributed by atoms with Crippen molar-refractivity contribution in [3.05, 3.63) is 12.2 Å². The van der Waals surface area contributed by atoms with Crippen LogP contribution in [0.1, 0.15) is 40.0 Å². The molecule has 1 aliphatic carbocycles. The molecule has 13 heavy (non-hydrogen) atoms. The zero-order chi connectivity index (χ0) is 9.90.